The van der Waals surface area contributed by atoms with E-state index in [2.05, 4.69) is 10.2 Å². The number of furan rings is 1. The molecule has 1 aliphatic heterocycles. The molecule has 0 radical (unpaired) electrons. The third kappa shape index (κ3) is 5.02. The largest absolute Gasteiger partial charge is 0.459 e. The average Bonchev–Trinajstić information content (AvgIpc) is 3.27. The summed E-state index contributed by atoms with van der Waals surface area (Å²) in [4.78, 5) is 15.7. The Hall–Kier alpha value is -2.16. The summed E-state index contributed by atoms with van der Waals surface area (Å²) in [6, 6.07) is 9.82. The van der Waals surface area contributed by atoms with Crippen LogP contribution >= 0.6 is 0 Å². The maximum absolute atomic E-state index is 13.0. The Kier molecular flexibility index (Phi) is 6.79. The molecule has 0 unspecified atom stereocenters. The summed E-state index contributed by atoms with van der Waals surface area (Å²) in [6.07, 6.45) is 6.98. The fourth-order valence-electron chi connectivity index (χ4n) is 4.74. The fourth-order valence-corrected chi connectivity index (χ4v) is 6.12. The number of rotatable bonds is 7. The Bertz CT molecular complexity index is 974. The minimum Gasteiger partial charge on any atom is -0.459 e. The van der Waals surface area contributed by atoms with Crippen LogP contribution < -0.4 is 5.32 Å². The third-order valence-electron chi connectivity index (χ3n) is 6.45. The van der Waals surface area contributed by atoms with E-state index in [0.29, 0.717) is 12.1 Å². The van der Waals surface area contributed by atoms with Gasteiger partial charge in [-0.05, 0) is 31.0 Å². The Morgan fingerprint density at radius 3 is 2.45 bits per heavy atom. The van der Waals surface area contributed by atoms with Gasteiger partial charge < -0.3 is 14.5 Å². The first-order valence-corrected chi connectivity index (χ1v) is 12.6. The maximum atomic E-state index is 13.0. The SMILES string of the molecule is O=C(NCC1(N2CCOCC2)CCCCC1)c1occc1CS(=O)(=O)c1ccccc1. The molecule has 0 spiro atoms. The molecule has 168 valence electrons. The number of benzene rings is 1. The number of hydrogen-bond donors (Lipinski definition) is 1. The zero-order chi connectivity index (χ0) is 21.7. The molecule has 2 aliphatic rings. The molecule has 1 amide bonds. The van der Waals surface area contributed by atoms with Crippen LogP contribution in [0.4, 0.5) is 0 Å². The Labute approximate surface area is 183 Å². The molecule has 1 saturated heterocycles. The van der Waals surface area contributed by atoms with Crippen LogP contribution in [0.2, 0.25) is 0 Å². The molecule has 0 atom stereocenters. The number of hydrogen-bond acceptors (Lipinski definition) is 6. The number of sulfone groups is 1. The van der Waals surface area contributed by atoms with E-state index in [1.165, 1.54) is 12.7 Å². The second kappa shape index (κ2) is 9.54. The predicted molar refractivity (Wildman–Crippen MR) is 117 cm³/mol. The molecule has 2 aromatic rings. The van der Waals surface area contributed by atoms with Gasteiger partial charge in [-0.25, -0.2) is 8.42 Å². The second-order valence-electron chi connectivity index (χ2n) is 8.41. The van der Waals surface area contributed by atoms with Gasteiger partial charge in [-0.2, -0.15) is 0 Å². The van der Waals surface area contributed by atoms with Crippen molar-refractivity contribution in [1.82, 2.24) is 10.2 Å². The Morgan fingerprint density at radius 2 is 1.74 bits per heavy atom. The lowest BCUT2D eigenvalue weighted by Crippen LogP contribution is -2.59. The van der Waals surface area contributed by atoms with Crippen LogP contribution in [0.15, 0.2) is 52.0 Å². The predicted octanol–water partition coefficient (Wildman–Crippen LogP) is 3.02. The van der Waals surface area contributed by atoms with E-state index in [1.54, 1.807) is 36.4 Å². The van der Waals surface area contributed by atoms with Crippen molar-refractivity contribution in [1.29, 1.82) is 0 Å². The summed E-state index contributed by atoms with van der Waals surface area (Å²) in [7, 11) is -3.57. The molecule has 31 heavy (non-hydrogen) atoms. The highest BCUT2D eigenvalue weighted by Gasteiger charge is 2.39. The van der Waals surface area contributed by atoms with Gasteiger partial charge in [0.25, 0.3) is 5.91 Å². The first-order chi connectivity index (χ1) is 15.0. The minimum atomic E-state index is -3.57. The van der Waals surface area contributed by atoms with Gasteiger partial charge in [0, 0.05) is 30.7 Å². The summed E-state index contributed by atoms with van der Waals surface area (Å²) in [5.74, 6) is -0.556. The molecule has 1 aromatic carbocycles. The Balaban J connectivity index is 1.46. The van der Waals surface area contributed by atoms with Crippen LogP contribution in [0.5, 0.6) is 0 Å². The summed E-state index contributed by atoms with van der Waals surface area (Å²) in [5, 5.41) is 3.05. The van der Waals surface area contributed by atoms with Crippen molar-refractivity contribution in [3.63, 3.8) is 0 Å². The number of morpholine rings is 1. The molecule has 7 nitrogen and oxygen atoms in total. The van der Waals surface area contributed by atoms with Gasteiger partial charge in [0.05, 0.1) is 30.1 Å². The average molecular weight is 447 g/mol. The van der Waals surface area contributed by atoms with Crippen molar-refractivity contribution in [3.05, 3.63) is 54.0 Å². The van der Waals surface area contributed by atoms with Crippen LogP contribution in [-0.2, 0) is 20.3 Å². The van der Waals surface area contributed by atoms with Crippen LogP contribution in [0.3, 0.4) is 0 Å². The summed E-state index contributed by atoms with van der Waals surface area (Å²) >= 11 is 0. The lowest BCUT2D eigenvalue weighted by Gasteiger charge is -2.48. The number of carbonyl (C=O) groups is 1. The molecule has 2 heterocycles. The fraction of sp³-hybridized carbons (Fsp3) is 0.522. The monoisotopic (exact) mass is 446 g/mol. The molecule has 0 bridgehead atoms. The van der Waals surface area contributed by atoms with Crippen molar-refractivity contribution >= 4 is 15.7 Å². The lowest BCUT2D eigenvalue weighted by molar-refractivity contribution is -0.0362. The highest BCUT2D eigenvalue weighted by Crippen LogP contribution is 2.34. The highest BCUT2D eigenvalue weighted by atomic mass is 32.2. The third-order valence-corrected chi connectivity index (χ3v) is 8.13. The van der Waals surface area contributed by atoms with Gasteiger partial charge in [-0.1, -0.05) is 37.5 Å². The molecular weight excluding hydrogens is 416 g/mol. The lowest BCUT2D eigenvalue weighted by atomic mass is 9.79. The van der Waals surface area contributed by atoms with Crippen molar-refractivity contribution < 1.29 is 22.4 Å². The maximum Gasteiger partial charge on any atom is 0.287 e. The van der Waals surface area contributed by atoms with Crippen LogP contribution in [-0.4, -0.2) is 57.6 Å². The molecule has 1 N–H and O–H groups in total. The molecule has 8 heteroatoms. The Morgan fingerprint density at radius 1 is 1.03 bits per heavy atom. The molecule has 1 aromatic heterocycles. The number of nitrogens with zero attached hydrogens (tertiary/aromatic N) is 1. The van der Waals surface area contributed by atoms with E-state index in [0.717, 1.165) is 52.0 Å². The van der Waals surface area contributed by atoms with Gasteiger partial charge >= 0.3 is 0 Å². The highest BCUT2D eigenvalue weighted by molar-refractivity contribution is 7.90. The van der Waals surface area contributed by atoms with Gasteiger partial charge in [-0.3, -0.25) is 9.69 Å². The van der Waals surface area contributed by atoms with Crippen molar-refractivity contribution in [3.8, 4) is 0 Å². The van der Waals surface area contributed by atoms with E-state index < -0.39 is 9.84 Å². The van der Waals surface area contributed by atoms with Gasteiger partial charge in [0.1, 0.15) is 0 Å². The first kappa shape index (κ1) is 22.0. The van der Waals surface area contributed by atoms with E-state index in [9.17, 15) is 13.2 Å². The number of nitrogens with one attached hydrogen (secondary N) is 1. The molecule has 1 saturated carbocycles. The van der Waals surface area contributed by atoms with E-state index in [-0.39, 0.29) is 27.9 Å². The van der Waals surface area contributed by atoms with Crippen molar-refractivity contribution in [2.45, 2.75) is 48.3 Å². The first-order valence-electron chi connectivity index (χ1n) is 11.0. The van der Waals surface area contributed by atoms with E-state index in [1.807, 2.05) is 0 Å². The van der Waals surface area contributed by atoms with Crippen LogP contribution in [0.25, 0.3) is 0 Å². The van der Waals surface area contributed by atoms with Crippen LogP contribution in [0.1, 0.15) is 48.2 Å². The van der Waals surface area contributed by atoms with Crippen LogP contribution in [0, 0.1) is 0 Å². The van der Waals surface area contributed by atoms with E-state index >= 15 is 0 Å². The molecule has 4 rings (SSSR count). The quantitative estimate of drug-likeness (QED) is 0.703. The van der Waals surface area contributed by atoms with Crippen molar-refractivity contribution in [2.75, 3.05) is 32.8 Å². The van der Waals surface area contributed by atoms with Crippen molar-refractivity contribution in [2.24, 2.45) is 0 Å². The number of amides is 1. The number of carbonyl (C=O) groups excluding carboxylic acids is 1. The summed E-state index contributed by atoms with van der Waals surface area (Å²) in [5.41, 5.74) is 0.311. The molecule has 1 aliphatic carbocycles. The molecule has 2 fully saturated rings. The van der Waals surface area contributed by atoms with Gasteiger partial charge in [0.15, 0.2) is 15.6 Å². The topological polar surface area (TPSA) is 88.8 Å². The minimum absolute atomic E-state index is 0.0689. The normalized spacial score (nSPS) is 19.7. The zero-order valence-corrected chi connectivity index (χ0v) is 18.5. The summed E-state index contributed by atoms with van der Waals surface area (Å²) < 4.78 is 36.4. The van der Waals surface area contributed by atoms with E-state index in [4.69, 9.17) is 9.15 Å². The number of ether oxygens (including phenoxy) is 1. The van der Waals surface area contributed by atoms with Gasteiger partial charge in [-0.15, -0.1) is 0 Å². The van der Waals surface area contributed by atoms with Gasteiger partial charge in [0.2, 0.25) is 0 Å². The standard InChI is InChI=1S/C23H30N2O5S/c26-22(24-18-23(10-5-2-6-11-23)25-12-15-29-16-13-25)21-19(9-14-30-21)17-31(27,28)20-7-3-1-4-8-20/h1,3-4,7-9,14H,2,5-6,10-13,15-18H2,(H,24,26). The smallest absolute Gasteiger partial charge is 0.287 e. The zero-order valence-electron chi connectivity index (χ0n) is 17.7. The molecular formula is C23H30N2O5S. The second-order valence-corrected chi connectivity index (χ2v) is 10.4. The summed E-state index contributed by atoms with van der Waals surface area (Å²) in [6.45, 7) is 3.70.